The first-order valence-electron chi connectivity index (χ1n) is 6.09. The lowest BCUT2D eigenvalue weighted by Crippen LogP contribution is -2.52. The number of hydrogen-bond acceptors (Lipinski definition) is 4. The molecule has 0 aromatic heterocycles. The molecule has 2 atom stereocenters. The highest BCUT2D eigenvalue weighted by molar-refractivity contribution is 4.76. The van der Waals surface area contributed by atoms with E-state index in [1.54, 1.807) is 0 Å². The Balaban J connectivity index is 1.72. The maximum Gasteiger partial charge on any atom is 0.0608 e. The smallest absolute Gasteiger partial charge is 0.0608 e. The molecule has 0 saturated carbocycles. The van der Waals surface area contributed by atoms with Crippen molar-refractivity contribution in [3.05, 3.63) is 0 Å². The minimum Gasteiger partial charge on any atom is -0.379 e. The Hall–Kier alpha value is -0.160. The summed E-state index contributed by atoms with van der Waals surface area (Å²) in [7, 11) is 0. The van der Waals surface area contributed by atoms with E-state index >= 15 is 0 Å². The van der Waals surface area contributed by atoms with Gasteiger partial charge in [-0.05, 0) is 19.3 Å². The zero-order valence-corrected chi connectivity index (χ0v) is 9.58. The molecule has 0 bridgehead atoms. The molecular weight excluding hydrogens is 192 g/mol. The highest BCUT2D eigenvalue weighted by Gasteiger charge is 2.23. The Bertz CT molecular complexity index is 183. The van der Waals surface area contributed by atoms with E-state index in [9.17, 15) is 0 Å². The van der Waals surface area contributed by atoms with Gasteiger partial charge in [-0.2, -0.15) is 0 Å². The molecular formula is C11H22N2O2. The molecule has 2 rings (SSSR count). The summed E-state index contributed by atoms with van der Waals surface area (Å²) >= 11 is 0. The van der Waals surface area contributed by atoms with E-state index in [2.05, 4.69) is 17.4 Å². The second-order valence-corrected chi connectivity index (χ2v) is 4.35. The quantitative estimate of drug-likeness (QED) is 0.753. The van der Waals surface area contributed by atoms with Gasteiger partial charge in [0.25, 0.3) is 0 Å². The van der Waals surface area contributed by atoms with Gasteiger partial charge in [-0.1, -0.05) is 6.92 Å². The van der Waals surface area contributed by atoms with Crippen molar-refractivity contribution >= 4 is 0 Å². The van der Waals surface area contributed by atoms with Crippen LogP contribution < -0.4 is 5.43 Å². The summed E-state index contributed by atoms with van der Waals surface area (Å²) in [6.45, 7) is 6.82. The third-order valence-electron chi connectivity index (χ3n) is 3.20. The van der Waals surface area contributed by atoms with Crippen LogP contribution in [0.3, 0.4) is 0 Å². The van der Waals surface area contributed by atoms with Crippen LogP contribution in [0.25, 0.3) is 0 Å². The Morgan fingerprint density at radius 1 is 1.27 bits per heavy atom. The fraction of sp³-hybridized carbons (Fsp3) is 1.00. The van der Waals surface area contributed by atoms with Gasteiger partial charge >= 0.3 is 0 Å². The van der Waals surface area contributed by atoms with Gasteiger partial charge < -0.3 is 9.47 Å². The fourth-order valence-electron chi connectivity index (χ4n) is 2.23. The predicted octanol–water partition coefficient (Wildman–Crippen LogP) is 0.781. The van der Waals surface area contributed by atoms with Gasteiger partial charge in [0.2, 0.25) is 0 Å². The normalized spacial score (nSPS) is 34.2. The SMILES string of the molecule is CCC1CC(NN2CCOCC2)CCO1. The lowest BCUT2D eigenvalue weighted by Gasteiger charge is -2.35. The molecule has 2 saturated heterocycles. The zero-order valence-electron chi connectivity index (χ0n) is 9.58. The average molecular weight is 214 g/mol. The molecule has 0 aliphatic carbocycles. The van der Waals surface area contributed by atoms with Crippen LogP contribution in [0, 0.1) is 0 Å². The largest absolute Gasteiger partial charge is 0.379 e. The molecule has 4 nitrogen and oxygen atoms in total. The molecule has 0 aromatic rings. The molecule has 2 fully saturated rings. The van der Waals surface area contributed by atoms with Crippen LogP contribution in [0.1, 0.15) is 26.2 Å². The van der Waals surface area contributed by atoms with E-state index in [1.165, 1.54) is 0 Å². The standard InChI is InChI=1S/C11H22N2O2/c1-2-11-9-10(3-6-15-11)12-13-4-7-14-8-5-13/h10-12H,2-9H2,1H3. The molecule has 1 N–H and O–H groups in total. The third kappa shape index (κ3) is 3.41. The molecule has 0 radical (unpaired) electrons. The van der Waals surface area contributed by atoms with E-state index < -0.39 is 0 Å². The van der Waals surface area contributed by atoms with Crippen LogP contribution in [0.2, 0.25) is 0 Å². The summed E-state index contributed by atoms with van der Waals surface area (Å²) < 4.78 is 11.0. The first kappa shape index (κ1) is 11.3. The van der Waals surface area contributed by atoms with Crippen molar-refractivity contribution in [3.8, 4) is 0 Å². The van der Waals surface area contributed by atoms with Crippen molar-refractivity contribution in [2.24, 2.45) is 0 Å². The molecule has 2 unspecified atom stereocenters. The number of morpholine rings is 1. The van der Waals surface area contributed by atoms with Crippen molar-refractivity contribution in [2.45, 2.75) is 38.3 Å². The number of hydrogen-bond donors (Lipinski definition) is 1. The lowest BCUT2D eigenvalue weighted by molar-refractivity contribution is -0.0379. The van der Waals surface area contributed by atoms with Crippen LogP contribution in [-0.4, -0.2) is 50.1 Å². The Labute approximate surface area is 91.9 Å². The molecule has 2 heterocycles. The Morgan fingerprint density at radius 3 is 2.80 bits per heavy atom. The monoisotopic (exact) mass is 214 g/mol. The lowest BCUT2D eigenvalue weighted by atomic mass is 10.0. The molecule has 0 spiro atoms. The first-order valence-corrected chi connectivity index (χ1v) is 6.09. The highest BCUT2D eigenvalue weighted by Crippen LogP contribution is 2.16. The summed E-state index contributed by atoms with van der Waals surface area (Å²) in [4.78, 5) is 0. The molecule has 2 aliphatic rings. The van der Waals surface area contributed by atoms with Crippen molar-refractivity contribution < 1.29 is 9.47 Å². The molecule has 2 aliphatic heterocycles. The summed E-state index contributed by atoms with van der Waals surface area (Å²) in [5, 5.41) is 2.30. The van der Waals surface area contributed by atoms with Crippen molar-refractivity contribution in [3.63, 3.8) is 0 Å². The number of hydrazine groups is 1. The van der Waals surface area contributed by atoms with E-state index in [4.69, 9.17) is 9.47 Å². The van der Waals surface area contributed by atoms with Gasteiger partial charge in [0.1, 0.15) is 0 Å². The molecule has 15 heavy (non-hydrogen) atoms. The minimum atomic E-state index is 0.456. The predicted molar refractivity (Wildman–Crippen MR) is 58.6 cm³/mol. The topological polar surface area (TPSA) is 33.7 Å². The van der Waals surface area contributed by atoms with E-state index in [0.717, 1.165) is 52.2 Å². The second kappa shape index (κ2) is 5.80. The first-order chi connectivity index (χ1) is 7.38. The maximum atomic E-state index is 5.66. The van der Waals surface area contributed by atoms with Gasteiger partial charge in [0, 0.05) is 25.7 Å². The molecule has 4 heteroatoms. The van der Waals surface area contributed by atoms with E-state index in [1.807, 2.05) is 0 Å². The van der Waals surface area contributed by atoms with Gasteiger partial charge in [-0.15, -0.1) is 0 Å². The number of rotatable bonds is 3. The Morgan fingerprint density at radius 2 is 2.07 bits per heavy atom. The second-order valence-electron chi connectivity index (χ2n) is 4.35. The van der Waals surface area contributed by atoms with Crippen molar-refractivity contribution in [1.82, 2.24) is 10.4 Å². The van der Waals surface area contributed by atoms with Crippen LogP contribution in [-0.2, 0) is 9.47 Å². The summed E-state index contributed by atoms with van der Waals surface area (Å²) in [6.07, 6.45) is 3.86. The van der Waals surface area contributed by atoms with Crippen LogP contribution in [0.4, 0.5) is 0 Å². The van der Waals surface area contributed by atoms with Crippen LogP contribution in [0.15, 0.2) is 0 Å². The summed E-state index contributed by atoms with van der Waals surface area (Å²) in [6, 6.07) is 0.599. The van der Waals surface area contributed by atoms with Crippen LogP contribution >= 0.6 is 0 Å². The fourth-order valence-corrected chi connectivity index (χ4v) is 2.23. The minimum absolute atomic E-state index is 0.456. The molecule has 0 aromatic carbocycles. The average Bonchev–Trinajstić information content (AvgIpc) is 2.31. The van der Waals surface area contributed by atoms with Crippen molar-refractivity contribution in [2.75, 3.05) is 32.9 Å². The zero-order chi connectivity index (χ0) is 10.5. The van der Waals surface area contributed by atoms with E-state index in [0.29, 0.717) is 12.1 Å². The van der Waals surface area contributed by atoms with Crippen molar-refractivity contribution in [1.29, 1.82) is 0 Å². The number of nitrogens with one attached hydrogen (secondary N) is 1. The maximum absolute atomic E-state index is 5.66. The van der Waals surface area contributed by atoms with E-state index in [-0.39, 0.29) is 0 Å². The third-order valence-corrected chi connectivity index (χ3v) is 3.20. The highest BCUT2D eigenvalue weighted by atomic mass is 16.5. The number of ether oxygens (including phenoxy) is 2. The molecule has 0 amide bonds. The number of nitrogens with zero attached hydrogens (tertiary/aromatic N) is 1. The summed E-state index contributed by atoms with van der Waals surface area (Å²) in [5.74, 6) is 0. The van der Waals surface area contributed by atoms with Crippen LogP contribution in [0.5, 0.6) is 0 Å². The van der Waals surface area contributed by atoms with Gasteiger partial charge in [0.15, 0.2) is 0 Å². The summed E-state index contributed by atoms with van der Waals surface area (Å²) in [5.41, 5.74) is 3.60. The molecule has 88 valence electrons. The van der Waals surface area contributed by atoms with Gasteiger partial charge in [-0.3, -0.25) is 5.43 Å². The Kier molecular flexibility index (Phi) is 4.38. The van der Waals surface area contributed by atoms with Gasteiger partial charge in [-0.25, -0.2) is 5.01 Å². The van der Waals surface area contributed by atoms with Gasteiger partial charge in [0.05, 0.1) is 19.3 Å².